The minimum atomic E-state index is -2.13. The summed E-state index contributed by atoms with van der Waals surface area (Å²) >= 11 is 0. The molecule has 8 heteroatoms. The molecule has 8 nitrogen and oxygen atoms in total. The molecule has 1 fully saturated rings. The van der Waals surface area contributed by atoms with E-state index in [4.69, 9.17) is 14.9 Å². The number of rotatable bonds is 8. The van der Waals surface area contributed by atoms with Crippen molar-refractivity contribution >= 4 is 5.97 Å². The second kappa shape index (κ2) is 7.13. The van der Waals surface area contributed by atoms with Crippen molar-refractivity contribution < 1.29 is 35.1 Å². The van der Waals surface area contributed by atoms with E-state index in [1.165, 1.54) is 0 Å². The van der Waals surface area contributed by atoms with Crippen molar-refractivity contribution in [1.29, 1.82) is 0 Å². The molecular weight excluding hydrogens is 258 g/mol. The van der Waals surface area contributed by atoms with Crippen LogP contribution in [0.1, 0.15) is 19.3 Å². The highest BCUT2D eigenvalue weighted by atomic mass is 16.7. The van der Waals surface area contributed by atoms with Gasteiger partial charge < -0.3 is 35.6 Å². The molecule has 0 aromatic carbocycles. The molecule has 0 aliphatic carbocycles. The molecule has 0 unspecified atom stereocenters. The predicted molar refractivity (Wildman–Crippen MR) is 63.3 cm³/mol. The van der Waals surface area contributed by atoms with Gasteiger partial charge in [-0.2, -0.15) is 0 Å². The minimum Gasteiger partial charge on any atom is -0.481 e. The maximum absolute atomic E-state index is 10.3. The van der Waals surface area contributed by atoms with Gasteiger partial charge in [-0.1, -0.05) is 0 Å². The first-order chi connectivity index (χ1) is 8.90. The molecule has 1 heterocycles. The van der Waals surface area contributed by atoms with Crippen molar-refractivity contribution in [1.82, 2.24) is 5.32 Å². The zero-order valence-corrected chi connectivity index (χ0v) is 10.5. The summed E-state index contributed by atoms with van der Waals surface area (Å²) in [6, 6.07) is 0. The quantitative estimate of drug-likeness (QED) is 0.271. The second-order valence-corrected chi connectivity index (χ2v) is 4.65. The van der Waals surface area contributed by atoms with Crippen LogP contribution in [0.4, 0.5) is 0 Å². The molecule has 1 saturated heterocycles. The lowest BCUT2D eigenvalue weighted by atomic mass is 10.1. The van der Waals surface area contributed by atoms with Crippen LogP contribution in [0.5, 0.6) is 0 Å². The van der Waals surface area contributed by atoms with Crippen LogP contribution in [-0.2, 0) is 9.53 Å². The fourth-order valence-electron chi connectivity index (χ4n) is 1.94. The van der Waals surface area contributed by atoms with Gasteiger partial charge in [0.05, 0.1) is 6.61 Å². The highest BCUT2D eigenvalue weighted by Gasteiger charge is 2.52. The number of carboxylic acids is 1. The van der Waals surface area contributed by atoms with Crippen LogP contribution in [0.15, 0.2) is 0 Å². The summed E-state index contributed by atoms with van der Waals surface area (Å²) in [6.07, 6.45) is -2.37. The van der Waals surface area contributed by atoms with E-state index in [1.807, 2.05) is 0 Å². The second-order valence-electron chi connectivity index (χ2n) is 4.65. The van der Waals surface area contributed by atoms with E-state index in [2.05, 4.69) is 5.32 Å². The summed E-state index contributed by atoms with van der Waals surface area (Å²) < 4.78 is 5.02. The normalized spacial score (nSPS) is 34.6. The molecule has 112 valence electrons. The van der Waals surface area contributed by atoms with Crippen molar-refractivity contribution in [3.8, 4) is 0 Å². The Balaban J connectivity index is 2.22. The summed E-state index contributed by atoms with van der Waals surface area (Å²) in [7, 11) is 0. The summed E-state index contributed by atoms with van der Waals surface area (Å²) in [5.74, 6) is -2.97. The molecule has 1 aliphatic heterocycles. The summed E-state index contributed by atoms with van der Waals surface area (Å²) in [4.78, 5) is 10.3. The third-order valence-corrected chi connectivity index (χ3v) is 3.09. The van der Waals surface area contributed by atoms with Crippen molar-refractivity contribution in [2.45, 2.75) is 43.4 Å². The van der Waals surface area contributed by atoms with Crippen LogP contribution in [-0.4, -0.2) is 75.3 Å². The number of aliphatic carboxylic acids is 1. The van der Waals surface area contributed by atoms with E-state index < -0.39 is 36.7 Å². The highest BCUT2D eigenvalue weighted by Crippen LogP contribution is 2.28. The molecule has 0 radical (unpaired) electrons. The number of aliphatic hydroxyl groups excluding tert-OH is 3. The van der Waals surface area contributed by atoms with Crippen LogP contribution in [0.25, 0.3) is 0 Å². The van der Waals surface area contributed by atoms with Gasteiger partial charge in [-0.15, -0.1) is 0 Å². The van der Waals surface area contributed by atoms with Gasteiger partial charge >= 0.3 is 5.97 Å². The number of nitrogens with one attached hydrogen (secondary N) is 1. The number of hydrogen-bond acceptors (Lipinski definition) is 7. The Hall–Kier alpha value is -0.770. The van der Waals surface area contributed by atoms with Gasteiger partial charge in [0.25, 0.3) is 0 Å². The van der Waals surface area contributed by atoms with Crippen molar-refractivity contribution in [2.75, 3.05) is 19.7 Å². The third-order valence-electron chi connectivity index (χ3n) is 3.09. The van der Waals surface area contributed by atoms with E-state index in [0.29, 0.717) is 19.4 Å². The van der Waals surface area contributed by atoms with E-state index in [0.717, 1.165) is 0 Å². The average Bonchev–Trinajstić information content (AvgIpc) is 2.59. The van der Waals surface area contributed by atoms with Crippen molar-refractivity contribution in [2.24, 2.45) is 0 Å². The topological polar surface area (TPSA) is 139 Å². The van der Waals surface area contributed by atoms with Crippen LogP contribution in [0.2, 0.25) is 0 Å². The van der Waals surface area contributed by atoms with Gasteiger partial charge in [-0.25, -0.2) is 0 Å². The monoisotopic (exact) mass is 279 g/mol. The summed E-state index contributed by atoms with van der Waals surface area (Å²) in [5.41, 5.74) is 0. The Morgan fingerprint density at radius 2 is 2.00 bits per heavy atom. The Morgan fingerprint density at radius 1 is 1.32 bits per heavy atom. The Bertz CT molecular complexity index is 301. The van der Waals surface area contributed by atoms with E-state index in [1.54, 1.807) is 0 Å². The van der Waals surface area contributed by atoms with Crippen LogP contribution < -0.4 is 5.32 Å². The smallest absolute Gasteiger partial charge is 0.303 e. The largest absolute Gasteiger partial charge is 0.481 e. The number of carboxylic acid groups (broad SMARTS) is 1. The minimum absolute atomic E-state index is 0.104. The maximum atomic E-state index is 10.3. The molecule has 0 aromatic rings. The molecule has 0 saturated carbocycles. The number of unbranched alkanes of at least 4 members (excludes halogenated alkanes) is 1. The fourth-order valence-corrected chi connectivity index (χ4v) is 1.94. The fraction of sp³-hybridized carbons (Fsp3) is 0.909. The number of hydrogen-bond donors (Lipinski definition) is 6. The molecule has 0 amide bonds. The SMILES string of the molecule is O=C(O)CCCCNC[C@H]1O[C@@](O)(CO)[C@H](O)[C@H]1O. The highest BCUT2D eigenvalue weighted by molar-refractivity contribution is 5.66. The van der Waals surface area contributed by atoms with Crippen LogP contribution in [0, 0.1) is 0 Å². The van der Waals surface area contributed by atoms with Gasteiger partial charge in [0.1, 0.15) is 18.3 Å². The molecule has 4 atom stereocenters. The Labute approximate surface area is 110 Å². The number of ether oxygens (including phenoxy) is 1. The average molecular weight is 279 g/mol. The molecule has 1 aliphatic rings. The predicted octanol–water partition coefficient (Wildman–Crippen LogP) is -2.37. The lowest BCUT2D eigenvalue weighted by molar-refractivity contribution is -0.245. The third kappa shape index (κ3) is 4.37. The lowest BCUT2D eigenvalue weighted by Crippen LogP contribution is -2.46. The van der Waals surface area contributed by atoms with Gasteiger partial charge in [0, 0.05) is 13.0 Å². The van der Waals surface area contributed by atoms with Gasteiger partial charge in [0.2, 0.25) is 5.79 Å². The summed E-state index contributed by atoms with van der Waals surface area (Å²) in [5, 5.41) is 49.1. The maximum Gasteiger partial charge on any atom is 0.303 e. The number of carbonyl (C=O) groups is 1. The standard InChI is InChI=1S/C11H21NO7/c13-6-11(18)10(17)9(16)7(19-11)5-12-4-2-1-3-8(14)15/h7,9-10,12-13,16-18H,1-6H2,(H,14,15)/t7-,9+,10-,11+/m1/s1. The van der Waals surface area contributed by atoms with Crippen molar-refractivity contribution in [3.63, 3.8) is 0 Å². The molecule has 0 spiro atoms. The molecule has 6 N–H and O–H groups in total. The molecule has 19 heavy (non-hydrogen) atoms. The van der Waals surface area contributed by atoms with Gasteiger partial charge in [-0.05, 0) is 19.4 Å². The lowest BCUT2D eigenvalue weighted by Gasteiger charge is -2.22. The first-order valence-electron chi connectivity index (χ1n) is 6.20. The molecule has 0 bridgehead atoms. The Kier molecular flexibility index (Phi) is 6.11. The zero-order valence-electron chi connectivity index (χ0n) is 10.5. The van der Waals surface area contributed by atoms with E-state index >= 15 is 0 Å². The van der Waals surface area contributed by atoms with Gasteiger partial charge in [0.15, 0.2) is 0 Å². The van der Waals surface area contributed by atoms with E-state index in [9.17, 15) is 20.1 Å². The first-order valence-corrected chi connectivity index (χ1v) is 6.20. The molecular formula is C11H21NO7. The zero-order chi connectivity index (χ0) is 14.5. The molecule has 1 rings (SSSR count). The summed E-state index contributed by atoms with van der Waals surface area (Å²) in [6.45, 7) is -0.0819. The van der Waals surface area contributed by atoms with E-state index in [-0.39, 0.29) is 13.0 Å². The van der Waals surface area contributed by atoms with Crippen LogP contribution in [0.3, 0.4) is 0 Å². The Morgan fingerprint density at radius 3 is 2.53 bits per heavy atom. The van der Waals surface area contributed by atoms with Gasteiger partial charge in [-0.3, -0.25) is 4.79 Å². The number of aliphatic hydroxyl groups is 4. The van der Waals surface area contributed by atoms with Crippen LogP contribution >= 0.6 is 0 Å². The first kappa shape index (κ1) is 16.3. The van der Waals surface area contributed by atoms with Crippen molar-refractivity contribution in [3.05, 3.63) is 0 Å². The molecule has 0 aromatic heterocycles.